The summed E-state index contributed by atoms with van der Waals surface area (Å²) in [5, 5.41) is 2.73. The van der Waals surface area contributed by atoms with E-state index in [4.69, 9.17) is 9.47 Å². The highest BCUT2D eigenvalue weighted by Gasteiger charge is 2.24. The molecular formula is C18H19NO5S. The summed E-state index contributed by atoms with van der Waals surface area (Å²) >= 11 is 0. The SMILES string of the molecule is CCS(=O)(=O)c1ccccc1C(=O)NC[C@@H]1COc2ccccc2O1. The van der Waals surface area contributed by atoms with Crippen LogP contribution in [0.2, 0.25) is 0 Å². The summed E-state index contributed by atoms with van der Waals surface area (Å²) in [5.41, 5.74) is 0.140. The van der Waals surface area contributed by atoms with Gasteiger partial charge >= 0.3 is 0 Å². The number of nitrogens with one attached hydrogen (secondary N) is 1. The maximum Gasteiger partial charge on any atom is 0.252 e. The number of hydrogen-bond donors (Lipinski definition) is 1. The van der Waals surface area contributed by atoms with Gasteiger partial charge in [-0.1, -0.05) is 31.2 Å². The molecule has 0 unspecified atom stereocenters. The number of carbonyl (C=O) groups is 1. The van der Waals surface area contributed by atoms with E-state index in [1.54, 1.807) is 25.1 Å². The molecular weight excluding hydrogens is 342 g/mol. The fourth-order valence-electron chi connectivity index (χ4n) is 2.55. The average Bonchev–Trinajstić information content (AvgIpc) is 2.66. The molecule has 1 aliphatic heterocycles. The van der Waals surface area contributed by atoms with Gasteiger partial charge in [0.15, 0.2) is 21.3 Å². The summed E-state index contributed by atoms with van der Waals surface area (Å²) < 4.78 is 35.7. The number of ether oxygens (including phenoxy) is 2. The fourth-order valence-corrected chi connectivity index (χ4v) is 3.64. The zero-order valence-corrected chi connectivity index (χ0v) is 14.6. The smallest absolute Gasteiger partial charge is 0.252 e. The number of sulfone groups is 1. The summed E-state index contributed by atoms with van der Waals surface area (Å²) in [6.45, 7) is 2.08. The van der Waals surface area contributed by atoms with Crippen LogP contribution in [0.3, 0.4) is 0 Å². The maximum atomic E-state index is 12.4. The average molecular weight is 361 g/mol. The van der Waals surface area contributed by atoms with E-state index in [0.717, 1.165) is 0 Å². The first-order chi connectivity index (χ1) is 12.0. The van der Waals surface area contributed by atoms with E-state index in [1.165, 1.54) is 12.1 Å². The Labute approximate surface area is 146 Å². The number of benzene rings is 2. The number of amides is 1. The van der Waals surface area contributed by atoms with Crippen LogP contribution in [0, 0.1) is 0 Å². The first-order valence-electron chi connectivity index (χ1n) is 7.99. The minimum absolute atomic E-state index is 0.0427. The van der Waals surface area contributed by atoms with E-state index in [1.807, 2.05) is 18.2 Å². The van der Waals surface area contributed by atoms with Gasteiger partial charge in [0.25, 0.3) is 5.91 Å². The minimum atomic E-state index is -3.47. The van der Waals surface area contributed by atoms with Gasteiger partial charge in [0, 0.05) is 0 Å². The molecule has 1 heterocycles. The predicted octanol–water partition coefficient (Wildman–Crippen LogP) is 2.05. The molecule has 0 fully saturated rings. The third-order valence-electron chi connectivity index (χ3n) is 3.90. The van der Waals surface area contributed by atoms with Gasteiger partial charge in [-0.05, 0) is 24.3 Å². The van der Waals surface area contributed by atoms with Crippen LogP contribution in [-0.2, 0) is 9.84 Å². The lowest BCUT2D eigenvalue weighted by Gasteiger charge is -2.26. The van der Waals surface area contributed by atoms with E-state index in [-0.39, 0.29) is 28.9 Å². The molecule has 1 aliphatic rings. The fraction of sp³-hybridized carbons (Fsp3) is 0.278. The Morgan fingerprint density at radius 3 is 2.56 bits per heavy atom. The Balaban J connectivity index is 1.69. The molecule has 2 aromatic carbocycles. The van der Waals surface area contributed by atoms with Crippen LogP contribution in [0.15, 0.2) is 53.4 Å². The van der Waals surface area contributed by atoms with Crippen LogP contribution in [0.4, 0.5) is 0 Å². The lowest BCUT2D eigenvalue weighted by molar-refractivity contribution is 0.0787. The van der Waals surface area contributed by atoms with Crippen LogP contribution in [-0.4, -0.2) is 39.3 Å². The highest BCUT2D eigenvalue weighted by Crippen LogP contribution is 2.30. The van der Waals surface area contributed by atoms with E-state index >= 15 is 0 Å². The molecule has 0 aromatic heterocycles. The number of fused-ring (bicyclic) bond motifs is 1. The van der Waals surface area contributed by atoms with Crippen molar-refractivity contribution >= 4 is 15.7 Å². The predicted molar refractivity (Wildman–Crippen MR) is 92.9 cm³/mol. The molecule has 6 nitrogen and oxygen atoms in total. The molecule has 0 saturated carbocycles. The number of para-hydroxylation sites is 2. The van der Waals surface area contributed by atoms with Crippen LogP contribution >= 0.6 is 0 Å². The van der Waals surface area contributed by atoms with Gasteiger partial charge in [-0.2, -0.15) is 0 Å². The maximum absolute atomic E-state index is 12.4. The molecule has 1 amide bonds. The Kier molecular flexibility index (Phi) is 4.94. The van der Waals surface area contributed by atoms with Crippen molar-refractivity contribution in [3.05, 3.63) is 54.1 Å². The Hall–Kier alpha value is -2.54. The second-order valence-electron chi connectivity index (χ2n) is 5.61. The van der Waals surface area contributed by atoms with Crippen molar-refractivity contribution in [2.45, 2.75) is 17.9 Å². The van der Waals surface area contributed by atoms with Gasteiger partial charge in [0.05, 0.1) is 22.8 Å². The van der Waals surface area contributed by atoms with Gasteiger partial charge in [0.1, 0.15) is 12.7 Å². The van der Waals surface area contributed by atoms with Gasteiger partial charge in [0.2, 0.25) is 0 Å². The molecule has 0 spiro atoms. The zero-order chi connectivity index (χ0) is 17.9. The lowest BCUT2D eigenvalue weighted by Crippen LogP contribution is -2.41. The summed E-state index contributed by atoms with van der Waals surface area (Å²) in [4.78, 5) is 12.5. The molecule has 1 N–H and O–H groups in total. The van der Waals surface area contributed by atoms with E-state index in [0.29, 0.717) is 18.1 Å². The van der Waals surface area contributed by atoms with E-state index < -0.39 is 15.7 Å². The molecule has 25 heavy (non-hydrogen) atoms. The van der Waals surface area contributed by atoms with E-state index in [2.05, 4.69) is 5.32 Å². The highest BCUT2D eigenvalue weighted by molar-refractivity contribution is 7.91. The molecule has 1 atom stereocenters. The summed E-state index contributed by atoms with van der Waals surface area (Å²) in [7, 11) is -3.47. The topological polar surface area (TPSA) is 81.7 Å². The van der Waals surface area contributed by atoms with Crippen LogP contribution in [0.25, 0.3) is 0 Å². The third-order valence-corrected chi connectivity index (χ3v) is 5.69. The molecule has 2 aromatic rings. The first kappa shape index (κ1) is 17.3. The Morgan fingerprint density at radius 1 is 1.12 bits per heavy atom. The minimum Gasteiger partial charge on any atom is -0.486 e. The van der Waals surface area contributed by atoms with Crippen molar-refractivity contribution in [1.82, 2.24) is 5.32 Å². The normalized spacial score (nSPS) is 16.3. The van der Waals surface area contributed by atoms with Crippen molar-refractivity contribution < 1.29 is 22.7 Å². The Bertz CT molecular complexity index is 879. The van der Waals surface area contributed by atoms with Crippen molar-refractivity contribution in [2.24, 2.45) is 0 Å². The van der Waals surface area contributed by atoms with Crippen LogP contribution in [0.1, 0.15) is 17.3 Å². The van der Waals surface area contributed by atoms with Crippen LogP contribution < -0.4 is 14.8 Å². The van der Waals surface area contributed by atoms with Gasteiger partial charge < -0.3 is 14.8 Å². The quantitative estimate of drug-likeness (QED) is 0.881. The molecule has 132 valence electrons. The largest absolute Gasteiger partial charge is 0.486 e. The van der Waals surface area contributed by atoms with Crippen LogP contribution in [0.5, 0.6) is 11.5 Å². The molecule has 7 heteroatoms. The monoisotopic (exact) mass is 361 g/mol. The van der Waals surface area contributed by atoms with Crippen molar-refractivity contribution in [1.29, 1.82) is 0 Å². The first-order valence-corrected chi connectivity index (χ1v) is 9.65. The number of carbonyl (C=O) groups excluding carboxylic acids is 1. The summed E-state index contributed by atoms with van der Waals surface area (Å²) in [5.74, 6) is 0.787. The summed E-state index contributed by atoms with van der Waals surface area (Å²) in [6.07, 6.45) is -0.339. The van der Waals surface area contributed by atoms with Crippen molar-refractivity contribution in [3.63, 3.8) is 0 Å². The lowest BCUT2D eigenvalue weighted by atomic mass is 10.2. The van der Waals surface area contributed by atoms with E-state index in [9.17, 15) is 13.2 Å². The van der Waals surface area contributed by atoms with Crippen molar-refractivity contribution in [2.75, 3.05) is 18.9 Å². The third kappa shape index (κ3) is 3.76. The molecule has 0 saturated heterocycles. The van der Waals surface area contributed by atoms with Gasteiger partial charge in [-0.15, -0.1) is 0 Å². The summed E-state index contributed by atoms with van der Waals surface area (Å²) in [6, 6.07) is 13.5. The second-order valence-corrected chi connectivity index (χ2v) is 7.85. The molecule has 0 radical (unpaired) electrons. The second kappa shape index (κ2) is 7.14. The standard InChI is InChI=1S/C18H19NO5S/c1-2-25(21,22)17-10-6-3-7-14(17)18(20)19-11-13-12-23-15-8-4-5-9-16(15)24-13/h3-10,13H,2,11-12H2,1H3,(H,19,20)/t13-/m1/s1. The number of hydrogen-bond acceptors (Lipinski definition) is 5. The van der Waals surface area contributed by atoms with Gasteiger partial charge in [-0.25, -0.2) is 8.42 Å². The molecule has 0 aliphatic carbocycles. The molecule has 3 rings (SSSR count). The Morgan fingerprint density at radius 2 is 1.80 bits per heavy atom. The highest BCUT2D eigenvalue weighted by atomic mass is 32.2. The zero-order valence-electron chi connectivity index (χ0n) is 13.8. The number of rotatable bonds is 5. The van der Waals surface area contributed by atoms with Gasteiger partial charge in [-0.3, -0.25) is 4.79 Å². The molecule has 0 bridgehead atoms. The van der Waals surface area contributed by atoms with Crippen molar-refractivity contribution in [3.8, 4) is 11.5 Å².